The minimum absolute atomic E-state index is 0.0109. The molecule has 0 saturated heterocycles. The van der Waals surface area contributed by atoms with Gasteiger partial charge in [0, 0.05) is 17.6 Å². The number of carbonyl (C=O) groups is 1. The van der Waals surface area contributed by atoms with Crippen LogP contribution in [0, 0.1) is 13.8 Å². The maximum absolute atomic E-state index is 12.1. The fourth-order valence-electron chi connectivity index (χ4n) is 2.69. The fourth-order valence-corrected chi connectivity index (χ4v) is 2.69. The van der Waals surface area contributed by atoms with Gasteiger partial charge in [0.2, 0.25) is 5.91 Å². The second-order valence-electron chi connectivity index (χ2n) is 5.46. The molecule has 0 bridgehead atoms. The summed E-state index contributed by atoms with van der Waals surface area (Å²) in [5, 5.41) is 6.93. The normalized spacial score (nSPS) is 23.9. The van der Waals surface area contributed by atoms with Crippen LogP contribution in [-0.4, -0.2) is 23.1 Å². The average molecular weight is 265 g/mol. The minimum Gasteiger partial charge on any atom is -0.361 e. The zero-order valence-corrected chi connectivity index (χ0v) is 11.7. The van der Waals surface area contributed by atoms with E-state index in [1.54, 1.807) is 0 Å². The molecule has 1 heterocycles. The van der Waals surface area contributed by atoms with Gasteiger partial charge >= 0.3 is 0 Å². The summed E-state index contributed by atoms with van der Waals surface area (Å²) in [6.45, 7) is 3.69. The van der Waals surface area contributed by atoms with Crippen molar-refractivity contribution in [3.63, 3.8) is 0 Å². The molecule has 1 aliphatic rings. The predicted molar refractivity (Wildman–Crippen MR) is 72.7 cm³/mol. The van der Waals surface area contributed by atoms with Crippen LogP contribution in [0.1, 0.15) is 49.1 Å². The lowest BCUT2D eigenvalue weighted by molar-refractivity contribution is -0.121. The third-order valence-corrected chi connectivity index (χ3v) is 3.93. The molecular formula is C14H23N3O2. The third kappa shape index (κ3) is 3.56. The van der Waals surface area contributed by atoms with Gasteiger partial charge in [0.25, 0.3) is 0 Å². The first-order valence-corrected chi connectivity index (χ1v) is 7.04. The Labute approximate surface area is 113 Å². The van der Waals surface area contributed by atoms with Crippen LogP contribution in [0.4, 0.5) is 0 Å². The second kappa shape index (κ2) is 6.19. The van der Waals surface area contributed by atoms with Crippen molar-refractivity contribution in [2.45, 2.75) is 64.5 Å². The standard InChI is InChI=1S/C14H23N3O2/c1-9-11(10(2)19-17-9)8-14(18)16-13-7-5-3-4-6-12(13)15/h12-13H,3-8,15H2,1-2H3,(H,16,18). The Kier molecular flexibility index (Phi) is 4.58. The number of carbonyl (C=O) groups excluding carboxylic acids is 1. The smallest absolute Gasteiger partial charge is 0.224 e. The van der Waals surface area contributed by atoms with E-state index in [9.17, 15) is 4.79 Å². The van der Waals surface area contributed by atoms with Gasteiger partial charge < -0.3 is 15.6 Å². The molecule has 1 aromatic heterocycles. The molecule has 0 radical (unpaired) electrons. The predicted octanol–water partition coefficient (Wildman–Crippen LogP) is 1.61. The Morgan fingerprint density at radius 1 is 1.37 bits per heavy atom. The molecule has 19 heavy (non-hydrogen) atoms. The van der Waals surface area contributed by atoms with E-state index in [4.69, 9.17) is 10.3 Å². The zero-order chi connectivity index (χ0) is 13.8. The summed E-state index contributed by atoms with van der Waals surface area (Å²) >= 11 is 0. The number of nitrogens with one attached hydrogen (secondary N) is 1. The van der Waals surface area contributed by atoms with Crippen LogP contribution in [0.15, 0.2) is 4.52 Å². The van der Waals surface area contributed by atoms with Crippen LogP contribution in [-0.2, 0) is 11.2 Å². The number of hydrogen-bond donors (Lipinski definition) is 2. The molecule has 5 nitrogen and oxygen atoms in total. The third-order valence-electron chi connectivity index (χ3n) is 3.93. The van der Waals surface area contributed by atoms with Crippen molar-refractivity contribution in [2.24, 2.45) is 5.73 Å². The fraction of sp³-hybridized carbons (Fsp3) is 0.714. The van der Waals surface area contributed by atoms with Gasteiger partial charge in [-0.3, -0.25) is 4.79 Å². The van der Waals surface area contributed by atoms with Crippen LogP contribution in [0.5, 0.6) is 0 Å². The molecular weight excluding hydrogens is 242 g/mol. The highest BCUT2D eigenvalue weighted by atomic mass is 16.5. The Morgan fingerprint density at radius 3 is 2.79 bits per heavy atom. The Balaban J connectivity index is 1.93. The highest BCUT2D eigenvalue weighted by Crippen LogP contribution is 2.17. The van der Waals surface area contributed by atoms with Gasteiger partial charge in [-0.25, -0.2) is 0 Å². The van der Waals surface area contributed by atoms with Crippen LogP contribution in [0.25, 0.3) is 0 Å². The Hall–Kier alpha value is -1.36. The first-order valence-electron chi connectivity index (χ1n) is 7.04. The van der Waals surface area contributed by atoms with E-state index in [-0.39, 0.29) is 18.0 Å². The number of aromatic nitrogens is 1. The van der Waals surface area contributed by atoms with E-state index in [0.29, 0.717) is 6.42 Å². The number of hydrogen-bond acceptors (Lipinski definition) is 4. The van der Waals surface area contributed by atoms with Crippen LogP contribution < -0.4 is 11.1 Å². The molecule has 2 unspecified atom stereocenters. The lowest BCUT2D eigenvalue weighted by Crippen LogP contribution is -2.47. The van der Waals surface area contributed by atoms with Crippen LogP contribution >= 0.6 is 0 Å². The summed E-state index contributed by atoms with van der Waals surface area (Å²) in [6.07, 6.45) is 5.82. The summed E-state index contributed by atoms with van der Waals surface area (Å²) < 4.78 is 5.07. The molecule has 0 aliphatic heterocycles. The Morgan fingerprint density at radius 2 is 2.11 bits per heavy atom. The van der Waals surface area contributed by atoms with Gasteiger partial charge in [0.1, 0.15) is 5.76 Å². The molecule has 1 aliphatic carbocycles. The molecule has 1 saturated carbocycles. The minimum atomic E-state index is 0.0109. The van der Waals surface area contributed by atoms with Crippen LogP contribution in [0.2, 0.25) is 0 Å². The van der Waals surface area contributed by atoms with Gasteiger partial charge in [-0.2, -0.15) is 0 Å². The topological polar surface area (TPSA) is 81.2 Å². The van der Waals surface area contributed by atoms with Crippen molar-refractivity contribution in [1.29, 1.82) is 0 Å². The number of nitrogens with zero attached hydrogens (tertiary/aromatic N) is 1. The monoisotopic (exact) mass is 265 g/mol. The van der Waals surface area contributed by atoms with E-state index >= 15 is 0 Å². The van der Waals surface area contributed by atoms with Gasteiger partial charge in [-0.15, -0.1) is 0 Å². The average Bonchev–Trinajstić information content (AvgIpc) is 2.57. The van der Waals surface area contributed by atoms with E-state index in [1.165, 1.54) is 6.42 Å². The maximum Gasteiger partial charge on any atom is 0.224 e. The first-order chi connectivity index (χ1) is 9.08. The van der Waals surface area contributed by atoms with E-state index in [0.717, 1.165) is 42.7 Å². The molecule has 1 aromatic rings. The molecule has 2 rings (SSSR count). The van der Waals surface area contributed by atoms with Gasteiger partial charge in [0.15, 0.2) is 0 Å². The molecule has 0 aromatic carbocycles. The summed E-state index contributed by atoms with van der Waals surface area (Å²) in [6, 6.07) is 0.187. The van der Waals surface area contributed by atoms with Crippen molar-refractivity contribution in [3.8, 4) is 0 Å². The highest BCUT2D eigenvalue weighted by Gasteiger charge is 2.23. The van der Waals surface area contributed by atoms with Crippen molar-refractivity contribution < 1.29 is 9.32 Å². The maximum atomic E-state index is 12.1. The summed E-state index contributed by atoms with van der Waals surface area (Å²) in [4.78, 5) is 12.1. The number of rotatable bonds is 3. The second-order valence-corrected chi connectivity index (χ2v) is 5.46. The molecule has 106 valence electrons. The van der Waals surface area contributed by atoms with Crippen LogP contribution in [0.3, 0.4) is 0 Å². The molecule has 1 amide bonds. The van der Waals surface area contributed by atoms with Gasteiger partial charge in [-0.1, -0.05) is 24.4 Å². The quantitative estimate of drug-likeness (QED) is 0.814. The lowest BCUT2D eigenvalue weighted by atomic mass is 10.0. The summed E-state index contributed by atoms with van der Waals surface area (Å²) in [5.41, 5.74) is 7.79. The SMILES string of the molecule is Cc1noc(C)c1CC(=O)NC1CCCCCC1N. The number of nitrogens with two attached hydrogens (primary N) is 1. The number of amides is 1. The molecule has 3 N–H and O–H groups in total. The van der Waals surface area contributed by atoms with Gasteiger partial charge in [-0.05, 0) is 26.7 Å². The van der Waals surface area contributed by atoms with E-state index < -0.39 is 0 Å². The lowest BCUT2D eigenvalue weighted by Gasteiger charge is -2.22. The van der Waals surface area contributed by atoms with Crippen molar-refractivity contribution in [3.05, 3.63) is 17.0 Å². The van der Waals surface area contributed by atoms with Crippen molar-refractivity contribution in [1.82, 2.24) is 10.5 Å². The Bertz CT molecular complexity index is 422. The zero-order valence-electron chi connectivity index (χ0n) is 11.7. The first kappa shape index (κ1) is 14.1. The van der Waals surface area contributed by atoms with E-state index in [2.05, 4.69) is 10.5 Å². The summed E-state index contributed by atoms with van der Waals surface area (Å²) in [5.74, 6) is 0.731. The molecule has 2 atom stereocenters. The molecule has 5 heteroatoms. The largest absolute Gasteiger partial charge is 0.361 e. The highest BCUT2D eigenvalue weighted by molar-refractivity contribution is 5.79. The molecule has 0 spiro atoms. The van der Waals surface area contributed by atoms with Gasteiger partial charge in [0.05, 0.1) is 12.1 Å². The molecule has 1 fully saturated rings. The van der Waals surface area contributed by atoms with Crippen molar-refractivity contribution >= 4 is 5.91 Å². The van der Waals surface area contributed by atoms with E-state index in [1.807, 2.05) is 13.8 Å². The van der Waals surface area contributed by atoms with Crippen molar-refractivity contribution in [2.75, 3.05) is 0 Å². The summed E-state index contributed by atoms with van der Waals surface area (Å²) in [7, 11) is 0. The number of aryl methyl sites for hydroxylation is 2.